The van der Waals surface area contributed by atoms with E-state index in [0.717, 1.165) is 19.3 Å². The van der Waals surface area contributed by atoms with Crippen LogP contribution in [0.4, 0.5) is 0 Å². The Labute approximate surface area is 158 Å². The normalized spacial score (nSPS) is 14.7. The molecule has 0 amide bonds. The van der Waals surface area contributed by atoms with Gasteiger partial charge in [-0.15, -0.1) is 0 Å². The molecule has 2 aromatic rings. The molecule has 0 N–H and O–H groups in total. The fourth-order valence-electron chi connectivity index (χ4n) is 3.42. The molecule has 0 unspecified atom stereocenters. The minimum Gasteiger partial charge on any atom is -0.0952 e. The first-order chi connectivity index (χ1) is 12.6. The van der Waals surface area contributed by atoms with Gasteiger partial charge in [-0.2, -0.15) is 0 Å². The summed E-state index contributed by atoms with van der Waals surface area (Å²) in [6, 6.07) is 19.5. The Kier molecular flexibility index (Phi) is 6.07. The second kappa shape index (κ2) is 8.67. The summed E-state index contributed by atoms with van der Waals surface area (Å²) in [5, 5.41) is 0. The Morgan fingerprint density at radius 3 is 2.42 bits per heavy atom. The van der Waals surface area contributed by atoms with E-state index in [2.05, 4.69) is 99.3 Å². The van der Waals surface area contributed by atoms with Crippen LogP contribution in [0.25, 0.3) is 11.6 Å². The molecule has 0 saturated carbocycles. The molecule has 0 heterocycles. The molecule has 1 aliphatic rings. The van der Waals surface area contributed by atoms with E-state index in [1.54, 1.807) is 0 Å². The van der Waals surface area contributed by atoms with Crippen LogP contribution in [0.5, 0.6) is 0 Å². The first kappa shape index (κ1) is 18.2. The van der Waals surface area contributed by atoms with Crippen molar-refractivity contribution < 1.29 is 0 Å². The van der Waals surface area contributed by atoms with Gasteiger partial charge in [-0.25, -0.2) is 0 Å². The predicted octanol–water partition coefficient (Wildman–Crippen LogP) is 7.26. The molecular weight excluding hydrogens is 312 g/mol. The van der Waals surface area contributed by atoms with Crippen molar-refractivity contribution in [2.45, 2.75) is 33.1 Å². The van der Waals surface area contributed by atoms with E-state index >= 15 is 0 Å². The van der Waals surface area contributed by atoms with Crippen LogP contribution in [-0.2, 0) is 6.42 Å². The summed E-state index contributed by atoms with van der Waals surface area (Å²) in [7, 11) is 0. The highest BCUT2D eigenvalue weighted by molar-refractivity contribution is 5.81. The van der Waals surface area contributed by atoms with Crippen LogP contribution in [0, 0.1) is 5.92 Å². The van der Waals surface area contributed by atoms with Crippen molar-refractivity contribution in [1.82, 2.24) is 0 Å². The summed E-state index contributed by atoms with van der Waals surface area (Å²) in [6.07, 6.45) is 12.0. The van der Waals surface area contributed by atoms with Crippen LogP contribution in [0.1, 0.15) is 43.4 Å². The molecule has 0 fully saturated rings. The van der Waals surface area contributed by atoms with Crippen LogP contribution < -0.4 is 0 Å². The van der Waals surface area contributed by atoms with Gasteiger partial charge in [0.25, 0.3) is 0 Å². The van der Waals surface area contributed by atoms with Gasteiger partial charge in [-0.3, -0.25) is 0 Å². The maximum Gasteiger partial charge on any atom is -0.00853 e. The Morgan fingerprint density at radius 2 is 1.73 bits per heavy atom. The van der Waals surface area contributed by atoms with Crippen molar-refractivity contribution in [1.29, 1.82) is 0 Å². The quantitative estimate of drug-likeness (QED) is 0.519. The average molecular weight is 341 g/mol. The molecule has 0 saturated heterocycles. The van der Waals surface area contributed by atoms with E-state index in [-0.39, 0.29) is 0 Å². The number of hydrogen-bond donors (Lipinski definition) is 0. The van der Waals surface area contributed by atoms with Crippen LogP contribution in [0.3, 0.4) is 0 Å². The smallest absolute Gasteiger partial charge is 0.00853 e. The Bertz CT molecular complexity index is 827. The van der Waals surface area contributed by atoms with E-state index in [0.29, 0.717) is 5.92 Å². The molecule has 3 rings (SSSR count). The summed E-state index contributed by atoms with van der Waals surface area (Å²) in [4.78, 5) is 0. The zero-order chi connectivity index (χ0) is 18.4. The third-order valence-corrected chi connectivity index (χ3v) is 4.74. The van der Waals surface area contributed by atoms with Gasteiger partial charge in [0.05, 0.1) is 0 Å². The predicted molar refractivity (Wildman–Crippen MR) is 115 cm³/mol. The third kappa shape index (κ3) is 4.73. The summed E-state index contributed by atoms with van der Waals surface area (Å²) in [6.45, 7) is 8.82. The minimum atomic E-state index is 0.699. The molecule has 0 radical (unpaired) electrons. The van der Waals surface area contributed by atoms with Crippen LogP contribution in [0.15, 0.2) is 90.6 Å². The monoisotopic (exact) mass is 340 g/mol. The standard InChI is InChI=1S/C26H28/c1-20(2)19-23-17-15-22(16-18-23)10-8-13-25-21(3)9-7-14-26(25)24-11-5-4-6-12-24/h4-8,10-12,14-18,20H,3,9,13,19H2,1-2H3/b10-8+. The summed E-state index contributed by atoms with van der Waals surface area (Å²) >= 11 is 0. The van der Waals surface area contributed by atoms with Gasteiger partial charge in [-0.1, -0.05) is 99.3 Å². The van der Waals surface area contributed by atoms with Crippen molar-refractivity contribution in [3.05, 3.63) is 107 Å². The lowest BCUT2D eigenvalue weighted by atomic mass is 9.87. The van der Waals surface area contributed by atoms with Gasteiger partial charge in [0.2, 0.25) is 0 Å². The minimum absolute atomic E-state index is 0.699. The number of benzene rings is 2. The SMILES string of the molecule is C=C1CC=CC(c2ccccc2)=C1C/C=C/c1ccc(CC(C)C)cc1. The zero-order valence-corrected chi connectivity index (χ0v) is 15.9. The first-order valence-electron chi connectivity index (χ1n) is 9.52. The molecular formula is C26H28. The largest absolute Gasteiger partial charge is 0.0952 e. The first-order valence-corrected chi connectivity index (χ1v) is 9.52. The molecule has 0 aliphatic heterocycles. The lowest BCUT2D eigenvalue weighted by molar-refractivity contribution is 0.647. The van der Waals surface area contributed by atoms with Crippen molar-refractivity contribution >= 4 is 11.6 Å². The molecule has 0 aromatic heterocycles. The molecule has 0 atom stereocenters. The van der Waals surface area contributed by atoms with E-state index in [1.807, 2.05) is 0 Å². The van der Waals surface area contributed by atoms with Gasteiger partial charge < -0.3 is 0 Å². The lowest BCUT2D eigenvalue weighted by Crippen LogP contribution is -1.97. The highest BCUT2D eigenvalue weighted by Gasteiger charge is 2.12. The fraction of sp³-hybridized carbons (Fsp3) is 0.231. The van der Waals surface area contributed by atoms with Crippen LogP contribution in [-0.4, -0.2) is 0 Å². The molecule has 0 heteroatoms. The van der Waals surface area contributed by atoms with E-state index in [1.165, 1.54) is 33.4 Å². The van der Waals surface area contributed by atoms with Crippen molar-refractivity contribution in [3.8, 4) is 0 Å². The molecule has 1 aliphatic carbocycles. The second-order valence-corrected chi connectivity index (χ2v) is 7.41. The number of allylic oxidation sites excluding steroid dienone is 6. The summed E-state index contributed by atoms with van der Waals surface area (Å²) in [5.74, 6) is 0.699. The van der Waals surface area contributed by atoms with Crippen LogP contribution in [0.2, 0.25) is 0 Å². The molecule has 2 aromatic carbocycles. The maximum atomic E-state index is 4.29. The van der Waals surface area contributed by atoms with Crippen molar-refractivity contribution in [3.63, 3.8) is 0 Å². The Morgan fingerprint density at radius 1 is 1.00 bits per heavy atom. The van der Waals surface area contributed by atoms with Gasteiger partial charge >= 0.3 is 0 Å². The summed E-state index contributed by atoms with van der Waals surface area (Å²) in [5.41, 5.74) is 7.83. The van der Waals surface area contributed by atoms with Gasteiger partial charge in [0.1, 0.15) is 0 Å². The van der Waals surface area contributed by atoms with Crippen LogP contribution >= 0.6 is 0 Å². The lowest BCUT2D eigenvalue weighted by Gasteiger charge is -2.17. The highest BCUT2D eigenvalue weighted by atomic mass is 14.2. The second-order valence-electron chi connectivity index (χ2n) is 7.41. The molecule has 0 bridgehead atoms. The molecule has 0 spiro atoms. The summed E-state index contributed by atoms with van der Waals surface area (Å²) < 4.78 is 0. The van der Waals surface area contributed by atoms with E-state index in [9.17, 15) is 0 Å². The maximum absolute atomic E-state index is 4.29. The van der Waals surface area contributed by atoms with E-state index in [4.69, 9.17) is 0 Å². The number of rotatable bonds is 6. The topological polar surface area (TPSA) is 0 Å². The Hall–Kier alpha value is -2.60. The highest BCUT2D eigenvalue weighted by Crippen LogP contribution is 2.32. The molecule has 132 valence electrons. The van der Waals surface area contributed by atoms with Gasteiger partial charge in [0.15, 0.2) is 0 Å². The third-order valence-electron chi connectivity index (χ3n) is 4.74. The van der Waals surface area contributed by atoms with Crippen molar-refractivity contribution in [2.75, 3.05) is 0 Å². The zero-order valence-electron chi connectivity index (χ0n) is 15.9. The van der Waals surface area contributed by atoms with Gasteiger partial charge in [0, 0.05) is 0 Å². The van der Waals surface area contributed by atoms with Crippen molar-refractivity contribution in [2.24, 2.45) is 5.92 Å². The van der Waals surface area contributed by atoms with E-state index < -0.39 is 0 Å². The Balaban J connectivity index is 1.76. The van der Waals surface area contributed by atoms with Gasteiger partial charge in [-0.05, 0) is 58.6 Å². The molecule has 0 nitrogen and oxygen atoms in total. The fourth-order valence-corrected chi connectivity index (χ4v) is 3.42. The average Bonchev–Trinajstić information content (AvgIpc) is 2.64. The number of hydrogen-bond acceptors (Lipinski definition) is 0. The molecule has 26 heavy (non-hydrogen) atoms.